The number of pyridine rings is 1. The number of carbonyl (C=O) groups is 3. The Kier molecular flexibility index (Phi) is 11.6. The number of benzene rings is 2. The Hall–Kier alpha value is -4.92. The third-order valence-corrected chi connectivity index (χ3v) is 7.16. The van der Waals surface area contributed by atoms with Crippen molar-refractivity contribution in [3.63, 3.8) is 0 Å². The Morgan fingerprint density at radius 3 is 2.08 bits per heavy atom. The van der Waals surface area contributed by atoms with Gasteiger partial charge in [-0.1, -0.05) is 29.8 Å². The predicted octanol–water partition coefficient (Wildman–Crippen LogP) is 7.60. The SMILES string of the molecule is Cc1cc(OCc2c(F)cccc2F)c2nc(C)c(NC(=O)C(CN(C(=O)O)C(C)(C)C)c3ccc(Cl)cc3)n2c1.O=C(O)C(F)(F)F. The van der Waals surface area contributed by atoms with Crippen molar-refractivity contribution in [2.45, 2.75) is 58.9 Å². The number of aryl methyl sites for hydroxylation is 2. The van der Waals surface area contributed by atoms with Crippen LogP contribution in [0.25, 0.3) is 5.65 Å². The fourth-order valence-corrected chi connectivity index (χ4v) is 4.62. The van der Waals surface area contributed by atoms with Crippen molar-refractivity contribution in [2.75, 3.05) is 11.9 Å². The lowest BCUT2D eigenvalue weighted by Crippen LogP contribution is -2.48. The number of aromatic nitrogens is 2. The fourth-order valence-electron chi connectivity index (χ4n) is 4.49. The molecule has 0 fully saturated rings. The van der Waals surface area contributed by atoms with Gasteiger partial charge in [0.15, 0.2) is 11.4 Å². The molecular weight excluding hydrogens is 667 g/mol. The highest BCUT2D eigenvalue weighted by molar-refractivity contribution is 6.30. The second-order valence-corrected chi connectivity index (χ2v) is 12.0. The van der Waals surface area contributed by atoms with Gasteiger partial charge in [-0.2, -0.15) is 13.2 Å². The molecule has 48 heavy (non-hydrogen) atoms. The molecule has 258 valence electrons. The summed E-state index contributed by atoms with van der Waals surface area (Å²) in [7, 11) is 0. The van der Waals surface area contributed by atoms with E-state index in [-0.39, 0.29) is 24.5 Å². The zero-order valence-corrected chi connectivity index (χ0v) is 27.1. The number of nitrogens with zero attached hydrogens (tertiary/aromatic N) is 3. The molecule has 0 aliphatic carbocycles. The van der Waals surface area contributed by atoms with Gasteiger partial charge in [0.05, 0.1) is 17.2 Å². The summed E-state index contributed by atoms with van der Waals surface area (Å²) in [6.45, 7) is 8.30. The minimum absolute atomic E-state index is 0.107. The average Bonchev–Trinajstić information content (AvgIpc) is 3.27. The third kappa shape index (κ3) is 9.33. The maximum atomic E-state index is 14.2. The minimum atomic E-state index is -5.08. The first-order chi connectivity index (χ1) is 22.2. The predicted molar refractivity (Wildman–Crippen MR) is 166 cm³/mol. The molecule has 0 spiro atoms. The quantitative estimate of drug-likeness (QED) is 0.162. The molecule has 0 saturated heterocycles. The van der Waals surface area contributed by atoms with Crippen LogP contribution in [0.15, 0.2) is 54.7 Å². The molecule has 0 aliphatic heterocycles. The number of carboxylic acid groups (broad SMARTS) is 2. The lowest BCUT2D eigenvalue weighted by atomic mass is 9.95. The van der Waals surface area contributed by atoms with E-state index in [0.717, 1.165) is 17.7 Å². The number of hydrogen-bond donors (Lipinski definition) is 3. The topological polar surface area (TPSA) is 133 Å². The van der Waals surface area contributed by atoms with Crippen LogP contribution in [-0.4, -0.2) is 60.7 Å². The summed E-state index contributed by atoms with van der Waals surface area (Å²) in [5.41, 5.74) is 1.15. The van der Waals surface area contributed by atoms with E-state index in [1.807, 2.05) is 6.92 Å². The zero-order chi connectivity index (χ0) is 36.1. The molecule has 0 bridgehead atoms. The molecule has 4 rings (SSSR count). The molecule has 2 amide bonds. The van der Waals surface area contributed by atoms with Crippen molar-refractivity contribution in [3.8, 4) is 5.75 Å². The van der Waals surface area contributed by atoms with Crippen molar-refractivity contribution in [2.24, 2.45) is 0 Å². The van der Waals surface area contributed by atoms with Crippen LogP contribution in [0.3, 0.4) is 0 Å². The second-order valence-electron chi connectivity index (χ2n) is 11.6. The highest BCUT2D eigenvalue weighted by Gasteiger charge is 2.38. The number of imidazole rings is 1. The van der Waals surface area contributed by atoms with Gasteiger partial charge in [0.25, 0.3) is 0 Å². The maximum absolute atomic E-state index is 14.2. The van der Waals surface area contributed by atoms with Crippen LogP contribution < -0.4 is 10.1 Å². The van der Waals surface area contributed by atoms with E-state index in [9.17, 15) is 36.6 Å². The lowest BCUT2D eigenvalue weighted by molar-refractivity contribution is -0.192. The number of halogens is 6. The minimum Gasteiger partial charge on any atom is -0.485 e. The van der Waals surface area contributed by atoms with Gasteiger partial charge in [-0.3, -0.25) is 9.20 Å². The van der Waals surface area contributed by atoms with Crippen LogP contribution in [0, 0.1) is 25.5 Å². The molecule has 2 aromatic heterocycles. The van der Waals surface area contributed by atoms with Crippen LogP contribution in [0.5, 0.6) is 5.75 Å². The highest BCUT2D eigenvalue weighted by atomic mass is 35.5. The molecule has 2 aromatic carbocycles. The summed E-state index contributed by atoms with van der Waals surface area (Å²) < 4.78 is 67.5. The van der Waals surface area contributed by atoms with Crippen molar-refractivity contribution >= 4 is 41.0 Å². The number of hydrogen-bond acceptors (Lipinski definition) is 5. The molecule has 1 unspecified atom stereocenters. The molecule has 0 aliphatic rings. The molecule has 3 N–H and O–H groups in total. The summed E-state index contributed by atoms with van der Waals surface area (Å²) in [6.07, 6.45) is -4.49. The first kappa shape index (κ1) is 37.5. The van der Waals surface area contributed by atoms with E-state index in [1.165, 1.54) is 11.0 Å². The van der Waals surface area contributed by atoms with Crippen molar-refractivity contribution in [1.82, 2.24) is 14.3 Å². The Balaban J connectivity index is 0.000000804. The first-order valence-electron chi connectivity index (χ1n) is 14.1. The van der Waals surface area contributed by atoms with E-state index in [4.69, 9.17) is 26.2 Å². The van der Waals surface area contributed by atoms with Crippen LogP contribution in [-0.2, 0) is 16.2 Å². The monoisotopic (exact) mass is 698 g/mol. The van der Waals surface area contributed by atoms with E-state index in [0.29, 0.717) is 27.7 Å². The standard InChI is InChI=1S/C30H31ClF2N4O4.C2HF3O2/c1-17-13-25(41-16-22-23(32)7-6-8-24(22)33)27-34-18(2)26(36(27)14-17)35-28(38)21(19-9-11-20(31)12-10-19)15-37(29(39)40)30(3,4)5;3-2(4,5)1(6)7/h6-14,21H,15-16H2,1-5H3,(H,35,38)(H,39,40);(H,6,7). The summed E-state index contributed by atoms with van der Waals surface area (Å²) in [5, 5.41) is 20.4. The van der Waals surface area contributed by atoms with Crippen LogP contribution in [0.4, 0.5) is 32.6 Å². The average molecular weight is 699 g/mol. The van der Waals surface area contributed by atoms with Gasteiger partial charge < -0.3 is 25.2 Å². The number of carbonyl (C=O) groups excluding carboxylic acids is 1. The Bertz CT molecular complexity index is 1790. The first-order valence-corrected chi connectivity index (χ1v) is 14.5. The van der Waals surface area contributed by atoms with Crippen molar-refractivity contribution < 1.29 is 51.3 Å². The van der Waals surface area contributed by atoms with Gasteiger partial charge in [-0.05, 0) is 76.1 Å². The van der Waals surface area contributed by atoms with E-state index in [2.05, 4.69) is 10.3 Å². The molecule has 1 atom stereocenters. The van der Waals surface area contributed by atoms with E-state index >= 15 is 0 Å². The van der Waals surface area contributed by atoms with Gasteiger partial charge >= 0.3 is 18.2 Å². The molecule has 0 radical (unpaired) electrons. The molecule has 16 heteroatoms. The number of nitrogens with one attached hydrogen (secondary N) is 1. The number of ether oxygens (including phenoxy) is 1. The Labute approximate surface area is 276 Å². The molecule has 2 heterocycles. The zero-order valence-electron chi connectivity index (χ0n) is 26.3. The van der Waals surface area contributed by atoms with Crippen LogP contribution >= 0.6 is 11.6 Å². The molecule has 4 aromatic rings. The largest absolute Gasteiger partial charge is 0.490 e. The number of aliphatic carboxylic acids is 1. The van der Waals surface area contributed by atoms with Gasteiger partial charge in [0.1, 0.15) is 24.1 Å². The second kappa shape index (κ2) is 14.9. The van der Waals surface area contributed by atoms with Gasteiger partial charge in [0, 0.05) is 23.3 Å². The number of fused-ring (bicyclic) bond motifs is 1. The van der Waals surface area contributed by atoms with Crippen LogP contribution in [0.2, 0.25) is 5.02 Å². The third-order valence-electron chi connectivity index (χ3n) is 6.91. The molecule has 10 nitrogen and oxygen atoms in total. The smallest absolute Gasteiger partial charge is 0.485 e. The molecule has 0 saturated carbocycles. The summed E-state index contributed by atoms with van der Waals surface area (Å²) in [4.78, 5) is 40.6. The number of amides is 2. The summed E-state index contributed by atoms with van der Waals surface area (Å²) in [5.74, 6) is -4.91. The Morgan fingerprint density at radius 2 is 1.58 bits per heavy atom. The van der Waals surface area contributed by atoms with Crippen molar-refractivity contribution in [3.05, 3.63) is 93.8 Å². The van der Waals surface area contributed by atoms with Gasteiger partial charge in [-0.15, -0.1) is 0 Å². The lowest BCUT2D eigenvalue weighted by Gasteiger charge is -2.35. The number of anilines is 1. The number of rotatable bonds is 8. The number of carboxylic acids is 1. The van der Waals surface area contributed by atoms with E-state index in [1.54, 1.807) is 68.6 Å². The maximum Gasteiger partial charge on any atom is 0.490 e. The normalized spacial score (nSPS) is 12.1. The van der Waals surface area contributed by atoms with Gasteiger partial charge in [0.2, 0.25) is 5.91 Å². The Morgan fingerprint density at radius 1 is 1.02 bits per heavy atom. The summed E-state index contributed by atoms with van der Waals surface area (Å²) >= 11 is 6.07. The van der Waals surface area contributed by atoms with Gasteiger partial charge in [-0.25, -0.2) is 23.4 Å². The molecular formula is C32H32ClF5N4O6. The summed E-state index contributed by atoms with van der Waals surface area (Å²) in [6, 6.07) is 11.9. The number of alkyl halides is 3. The fraction of sp³-hybridized carbons (Fsp3) is 0.312. The van der Waals surface area contributed by atoms with Crippen LogP contribution in [0.1, 0.15) is 49.1 Å². The van der Waals surface area contributed by atoms with Crippen molar-refractivity contribution in [1.29, 1.82) is 0 Å². The highest BCUT2D eigenvalue weighted by Crippen LogP contribution is 2.30. The van der Waals surface area contributed by atoms with E-state index < -0.39 is 47.2 Å².